The van der Waals surface area contributed by atoms with Crippen molar-refractivity contribution in [3.8, 4) is 0 Å². The quantitative estimate of drug-likeness (QED) is 0.207. The van der Waals surface area contributed by atoms with Crippen molar-refractivity contribution in [1.82, 2.24) is 0 Å². The molecule has 139 valence electrons. The van der Waals surface area contributed by atoms with Gasteiger partial charge < -0.3 is 4.74 Å². The lowest BCUT2D eigenvalue weighted by Crippen LogP contribution is -1.96. The second-order valence-electron chi connectivity index (χ2n) is 7.12. The van der Waals surface area contributed by atoms with Crippen LogP contribution < -0.4 is 0 Å². The Morgan fingerprint density at radius 3 is 1.22 bits per heavy atom. The first-order valence-electron chi connectivity index (χ1n) is 10.8. The zero-order chi connectivity index (χ0) is 16.8. The molecule has 0 atom stereocenters. The van der Waals surface area contributed by atoms with E-state index in [2.05, 4.69) is 13.8 Å². The molecular weight excluding hydrogens is 280 g/mol. The van der Waals surface area contributed by atoms with E-state index in [9.17, 15) is 0 Å². The topological polar surface area (TPSA) is 9.23 Å². The largest absolute Gasteiger partial charge is 0.381 e. The van der Waals surface area contributed by atoms with Crippen molar-refractivity contribution in [2.75, 3.05) is 13.2 Å². The van der Waals surface area contributed by atoms with E-state index in [1.807, 2.05) is 0 Å². The molecule has 0 aliphatic heterocycles. The molecular formula is C22H45O. The maximum Gasteiger partial charge on any atom is 0.0466 e. The van der Waals surface area contributed by atoms with E-state index in [-0.39, 0.29) is 0 Å². The maximum absolute atomic E-state index is 5.59. The van der Waals surface area contributed by atoms with Gasteiger partial charge in [0.15, 0.2) is 0 Å². The van der Waals surface area contributed by atoms with Gasteiger partial charge >= 0.3 is 0 Å². The molecule has 0 aromatic rings. The highest BCUT2D eigenvalue weighted by molar-refractivity contribution is 4.50. The van der Waals surface area contributed by atoms with Crippen LogP contribution in [0, 0.1) is 6.92 Å². The molecule has 0 aliphatic rings. The van der Waals surface area contributed by atoms with Crippen molar-refractivity contribution in [3.05, 3.63) is 6.92 Å². The number of hydrogen-bond acceptors (Lipinski definition) is 1. The summed E-state index contributed by atoms with van der Waals surface area (Å²) in [6.45, 7) is 8.06. The van der Waals surface area contributed by atoms with Crippen LogP contribution >= 0.6 is 0 Å². The Labute approximate surface area is 148 Å². The molecule has 0 bridgehead atoms. The zero-order valence-corrected chi connectivity index (χ0v) is 16.3. The molecule has 23 heavy (non-hydrogen) atoms. The van der Waals surface area contributed by atoms with Crippen molar-refractivity contribution in [2.24, 2.45) is 0 Å². The van der Waals surface area contributed by atoms with Crippen LogP contribution in [0.15, 0.2) is 0 Å². The summed E-state index contributed by atoms with van der Waals surface area (Å²) in [5, 5.41) is 0. The van der Waals surface area contributed by atoms with Crippen molar-refractivity contribution >= 4 is 0 Å². The van der Waals surface area contributed by atoms with Crippen LogP contribution in [0.2, 0.25) is 0 Å². The Morgan fingerprint density at radius 1 is 0.478 bits per heavy atom. The third kappa shape index (κ3) is 22.0. The standard InChI is InChI=1S/C22H45O/c1-3-5-7-8-9-10-11-12-13-14-15-16-17-18-19-20-22-23-21-6-4-2/h1,3-22H2,2H3. The van der Waals surface area contributed by atoms with Gasteiger partial charge in [0, 0.05) is 13.2 Å². The molecule has 1 heteroatoms. The average molecular weight is 326 g/mol. The molecule has 1 radical (unpaired) electrons. The highest BCUT2D eigenvalue weighted by Gasteiger charge is 1.95. The Hall–Kier alpha value is -0.0400. The third-order valence-corrected chi connectivity index (χ3v) is 4.68. The van der Waals surface area contributed by atoms with Crippen LogP contribution in [0.1, 0.15) is 122 Å². The Bertz CT molecular complexity index is 170. The molecule has 0 saturated carbocycles. The molecule has 0 N–H and O–H groups in total. The molecule has 0 unspecified atom stereocenters. The molecule has 0 aromatic carbocycles. The lowest BCUT2D eigenvalue weighted by atomic mass is 10.0. The lowest BCUT2D eigenvalue weighted by molar-refractivity contribution is 0.127. The van der Waals surface area contributed by atoms with Gasteiger partial charge in [0.2, 0.25) is 0 Å². The molecule has 0 aromatic heterocycles. The molecule has 0 fully saturated rings. The van der Waals surface area contributed by atoms with Gasteiger partial charge in [-0.05, 0) is 12.8 Å². The average Bonchev–Trinajstić information content (AvgIpc) is 2.57. The third-order valence-electron chi connectivity index (χ3n) is 4.68. The van der Waals surface area contributed by atoms with Crippen LogP contribution in [-0.2, 0) is 4.74 Å². The summed E-state index contributed by atoms with van der Waals surface area (Å²) in [5.74, 6) is 0. The Morgan fingerprint density at radius 2 is 0.826 bits per heavy atom. The SMILES string of the molecule is [CH2]CCCCCCCCCCCCCCCCCOCCCC. The van der Waals surface area contributed by atoms with Gasteiger partial charge in [-0.2, -0.15) is 0 Å². The molecule has 1 nitrogen and oxygen atoms in total. The fourth-order valence-corrected chi connectivity index (χ4v) is 3.03. The Kier molecular flexibility index (Phi) is 21.9. The van der Waals surface area contributed by atoms with Gasteiger partial charge in [0.25, 0.3) is 0 Å². The molecule has 0 aliphatic carbocycles. The molecule has 0 saturated heterocycles. The highest BCUT2D eigenvalue weighted by Crippen LogP contribution is 2.13. The lowest BCUT2D eigenvalue weighted by Gasteiger charge is -2.04. The van der Waals surface area contributed by atoms with Crippen LogP contribution in [-0.4, -0.2) is 13.2 Å². The van der Waals surface area contributed by atoms with E-state index in [1.165, 1.54) is 109 Å². The first-order chi connectivity index (χ1) is 11.4. The van der Waals surface area contributed by atoms with Gasteiger partial charge in [-0.1, -0.05) is 117 Å². The maximum atomic E-state index is 5.59. The number of ether oxygens (including phenoxy) is 1. The number of hydrogen-bond donors (Lipinski definition) is 0. The van der Waals surface area contributed by atoms with E-state index < -0.39 is 0 Å². The first-order valence-corrected chi connectivity index (χ1v) is 10.8. The molecule has 0 amide bonds. The normalized spacial score (nSPS) is 11.2. The predicted molar refractivity (Wildman–Crippen MR) is 105 cm³/mol. The monoisotopic (exact) mass is 325 g/mol. The van der Waals surface area contributed by atoms with E-state index in [4.69, 9.17) is 4.74 Å². The fraction of sp³-hybridized carbons (Fsp3) is 0.955. The summed E-state index contributed by atoms with van der Waals surface area (Å²) in [6, 6.07) is 0. The fourth-order valence-electron chi connectivity index (χ4n) is 3.03. The van der Waals surface area contributed by atoms with Gasteiger partial charge in [-0.25, -0.2) is 0 Å². The van der Waals surface area contributed by atoms with Crippen LogP contribution in [0.25, 0.3) is 0 Å². The van der Waals surface area contributed by atoms with E-state index in [1.54, 1.807) is 0 Å². The van der Waals surface area contributed by atoms with E-state index in [0.29, 0.717) is 0 Å². The van der Waals surface area contributed by atoms with Crippen molar-refractivity contribution in [3.63, 3.8) is 0 Å². The summed E-state index contributed by atoms with van der Waals surface area (Å²) < 4.78 is 5.59. The van der Waals surface area contributed by atoms with Gasteiger partial charge in [0.1, 0.15) is 0 Å². The molecule has 0 heterocycles. The van der Waals surface area contributed by atoms with Gasteiger partial charge in [-0.3, -0.25) is 0 Å². The summed E-state index contributed by atoms with van der Waals surface area (Å²) in [7, 11) is 0. The minimum atomic E-state index is 0.965. The van der Waals surface area contributed by atoms with Crippen molar-refractivity contribution < 1.29 is 4.74 Å². The number of rotatable bonds is 20. The van der Waals surface area contributed by atoms with Crippen LogP contribution in [0.3, 0.4) is 0 Å². The smallest absolute Gasteiger partial charge is 0.0466 e. The second-order valence-corrected chi connectivity index (χ2v) is 7.12. The minimum Gasteiger partial charge on any atom is -0.381 e. The molecule has 0 rings (SSSR count). The predicted octanol–water partition coefficient (Wildman–Crippen LogP) is 7.88. The summed E-state index contributed by atoms with van der Waals surface area (Å²) >= 11 is 0. The number of unbranched alkanes of at least 4 members (excludes halogenated alkanes) is 16. The van der Waals surface area contributed by atoms with Gasteiger partial charge in [-0.15, -0.1) is 0 Å². The van der Waals surface area contributed by atoms with E-state index >= 15 is 0 Å². The van der Waals surface area contributed by atoms with Crippen LogP contribution in [0.4, 0.5) is 0 Å². The zero-order valence-electron chi connectivity index (χ0n) is 16.3. The highest BCUT2D eigenvalue weighted by atomic mass is 16.5. The summed E-state index contributed by atoms with van der Waals surface area (Å²) in [4.78, 5) is 0. The van der Waals surface area contributed by atoms with Crippen LogP contribution in [0.5, 0.6) is 0 Å². The molecule has 0 spiro atoms. The second kappa shape index (κ2) is 22.0. The van der Waals surface area contributed by atoms with Crippen molar-refractivity contribution in [1.29, 1.82) is 0 Å². The Balaban J connectivity index is 2.92. The summed E-state index contributed by atoms with van der Waals surface area (Å²) in [5.41, 5.74) is 0. The van der Waals surface area contributed by atoms with Crippen molar-refractivity contribution in [2.45, 2.75) is 122 Å². The first kappa shape index (κ1) is 23.0. The summed E-state index contributed by atoms with van der Waals surface area (Å²) in [6.07, 6.45) is 24.8. The van der Waals surface area contributed by atoms with Gasteiger partial charge in [0.05, 0.1) is 0 Å². The van der Waals surface area contributed by atoms with E-state index in [0.717, 1.165) is 19.6 Å². The minimum absolute atomic E-state index is 0.965.